The molecule has 4 rings (SSSR count). The molecule has 0 unspecified atom stereocenters. The maximum Gasteiger partial charge on any atom is 0.417 e. The number of benzene rings is 2. The van der Waals surface area contributed by atoms with E-state index in [4.69, 9.17) is 0 Å². The number of hydrogen-bond acceptors (Lipinski definition) is 6. The molecule has 1 aliphatic rings. The number of nitrogens with one attached hydrogen (secondary N) is 1. The molecule has 2 heterocycles. The molecule has 1 aliphatic heterocycles. The highest BCUT2D eigenvalue weighted by molar-refractivity contribution is 7.89. The Balaban J connectivity index is 1.57. The van der Waals surface area contributed by atoms with E-state index in [2.05, 4.69) is 15.5 Å². The molecule has 1 saturated heterocycles. The van der Waals surface area contributed by atoms with E-state index in [9.17, 15) is 26.4 Å². The van der Waals surface area contributed by atoms with Crippen LogP contribution in [0.4, 0.5) is 18.3 Å². The van der Waals surface area contributed by atoms with Gasteiger partial charge in [-0.3, -0.25) is 10.1 Å². The van der Waals surface area contributed by atoms with Crippen LogP contribution < -0.4 is 5.32 Å². The smallest absolute Gasteiger partial charge is 0.299 e. The Labute approximate surface area is 186 Å². The molecule has 1 amide bonds. The number of rotatable bonds is 5. The van der Waals surface area contributed by atoms with E-state index >= 15 is 0 Å². The van der Waals surface area contributed by atoms with Gasteiger partial charge in [-0.1, -0.05) is 53.8 Å². The molecule has 1 aromatic heterocycles. The Bertz CT molecular complexity index is 1230. The van der Waals surface area contributed by atoms with Crippen molar-refractivity contribution in [2.24, 2.45) is 0 Å². The summed E-state index contributed by atoms with van der Waals surface area (Å²) in [6.45, 7) is -0.0575. The third-order valence-electron chi connectivity index (χ3n) is 4.96. The summed E-state index contributed by atoms with van der Waals surface area (Å²) in [7, 11) is -4.56. The van der Waals surface area contributed by atoms with E-state index < -0.39 is 38.6 Å². The number of sulfonamides is 1. The fourth-order valence-electron chi connectivity index (χ4n) is 3.50. The Morgan fingerprint density at radius 3 is 2.47 bits per heavy atom. The van der Waals surface area contributed by atoms with Gasteiger partial charge in [0.2, 0.25) is 21.1 Å². The number of nitrogens with zero attached hydrogens (tertiary/aromatic N) is 3. The number of carbonyl (C=O) groups is 1. The molecule has 1 N–H and O–H groups in total. The lowest BCUT2D eigenvalue weighted by molar-refractivity contribution is -0.139. The van der Waals surface area contributed by atoms with Crippen LogP contribution in [-0.4, -0.2) is 41.4 Å². The fourth-order valence-corrected chi connectivity index (χ4v) is 6.12. The standard InChI is InChI=1S/C20H17F3N4O3S2/c21-20(22,23)14-9-4-5-11-16(14)32(29,30)27-12-6-10-15(27)17(28)24-19-26-25-18(31-19)13-7-2-1-3-8-13/h1-5,7-9,11,15H,6,10,12H2,(H,24,26,28)/t15-/m0/s1. The fraction of sp³-hybridized carbons (Fsp3) is 0.250. The van der Waals surface area contributed by atoms with Gasteiger partial charge in [-0.15, -0.1) is 10.2 Å². The average molecular weight is 483 g/mol. The molecule has 1 fully saturated rings. The number of hydrogen-bond donors (Lipinski definition) is 1. The maximum absolute atomic E-state index is 13.4. The molecular formula is C20H17F3N4O3S2. The van der Waals surface area contributed by atoms with Gasteiger partial charge in [0.25, 0.3) is 0 Å². The zero-order valence-electron chi connectivity index (χ0n) is 16.4. The summed E-state index contributed by atoms with van der Waals surface area (Å²) in [5.74, 6) is -0.661. The number of carbonyl (C=O) groups excluding carboxylic acids is 1. The first-order valence-corrected chi connectivity index (χ1v) is 11.8. The van der Waals surface area contributed by atoms with Gasteiger partial charge in [-0.25, -0.2) is 8.42 Å². The zero-order valence-corrected chi connectivity index (χ0v) is 18.0. The van der Waals surface area contributed by atoms with Gasteiger partial charge in [-0.2, -0.15) is 17.5 Å². The van der Waals surface area contributed by atoms with Crippen LogP contribution >= 0.6 is 11.3 Å². The summed E-state index contributed by atoms with van der Waals surface area (Å²) in [5, 5.41) is 11.2. The van der Waals surface area contributed by atoms with E-state index in [1.54, 1.807) is 0 Å². The Morgan fingerprint density at radius 2 is 1.75 bits per heavy atom. The number of anilines is 1. The molecule has 12 heteroatoms. The van der Waals surface area contributed by atoms with Gasteiger partial charge < -0.3 is 0 Å². The van der Waals surface area contributed by atoms with Gasteiger partial charge in [0.15, 0.2) is 0 Å². The second-order valence-electron chi connectivity index (χ2n) is 7.04. The first kappa shape index (κ1) is 22.4. The predicted octanol–water partition coefficient (Wildman–Crippen LogP) is 4.02. The van der Waals surface area contributed by atoms with Crippen LogP contribution in [-0.2, 0) is 21.0 Å². The minimum Gasteiger partial charge on any atom is -0.299 e. The molecule has 0 aliphatic carbocycles. The maximum atomic E-state index is 13.4. The van der Waals surface area contributed by atoms with Crippen LogP contribution in [0, 0.1) is 0 Å². The monoisotopic (exact) mass is 482 g/mol. The number of aromatic nitrogens is 2. The zero-order chi connectivity index (χ0) is 22.9. The number of amides is 1. The Morgan fingerprint density at radius 1 is 1.06 bits per heavy atom. The molecular weight excluding hydrogens is 465 g/mol. The van der Waals surface area contributed by atoms with Crippen molar-refractivity contribution in [3.05, 3.63) is 60.2 Å². The first-order valence-electron chi connectivity index (χ1n) is 9.56. The molecule has 0 spiro atoms. The molecule has 168 valence electrons. The van der Waals surface area contributed by atoms with Crippen molar-refractivity contribution in [2.45, 2.75) is 30.0 Å². The van der Waals surface area contributed by atoms with Crippen LogP contribution in [0.15, 0.2) is 59.5 Å². The quantitative estimate of drug-likeness (QED) is 0.593. The molecule has 0 radical (unpaired) electrons. The normalized spacial score (nSPS) is 17.4. The van der Waals surface area contributed by atoms with Crippen molar-refractivity contribution in [2.75, 3.05) is 11.9 Å². The summed E-state index contributed by atoms with van der Waals surface area (Å²) >= 11 is 1.11. The molecule has 1 atom stereocenters. The largest absolute Gasteiger partial charge is 0.417 e. The van der Waals surface area contributed by atoms with Crippen LogP contribution in [0.1, 0.15) is 18.4 Å². The molecule has 0 bridgehead atoms. The van der Waals surface area contributed by atoms with Crippen molar-refractivity contribution >= 4 is 32.4 Å². The molecule has 32 heavy (non-hydrogen) atoms. The Hall–Kier alpha value is -2.83. The van der Waals surface area contributed by atoms with Crippen LogP contribution in [0.3, 0.4) is 0 Å². The lowest BCUT2D eigenvalue weighted by Gasteiger charge is -2.24. The van der Waals surface area contributed by atoms with Crippen LogP contribution in [0.25, 0.3) is 10.6 Å². The van der Waals surface area contributed by atoms with E-state index in [-0.39, 0.29) is 18.1 Å². The minimum absolute atomic E-state index is 0.0575. The second-order valence-corrected chi connectivity index (χ2v) is 9.87. The molecule has 3 aromatic rings. The van der Waals surface area contributed by atoms with Gasteiger partial charge in [0.05, 0.1) is 10.5 Å². The van der Waals surface area contributed by atoms with Gasteiger partial charge in [-0.05, 0) is 25.0 Å². The molecule has 0 saturated carbocycles. The van der Waals surface area contributed by atoms with Gasteiger partial charge in [0, 0.05) is 12.1 Å². The summed E-state index contributed by atoms with van der Waals surface area (Å²) in [6, 6.07) is 12.0. The van der Waals surface area contributed by atoms with Crippen molar-refractivity contribution in [1.29, 1.82) is 0 Å². The summed E-state index contributed by atoms with van der Waals surface area (Å²) in [4.78, 5) is 12.0. The second kappa shape index (κ2) is 8.60. The topological polar surface area (TPSA) is 92.3 Å². The average Bonchev–Trinajstić information content (AvgIpc) is 3.44. The van der Waals surface area contributed by atoms with Crippen LogP contribution in [0.5, 0.6) is 0 Å². The number of halogens is 3. The molecule has 7 nitrogen and oxygen atoms in total. The highest BCUT2D eigenvalue weighted by Gasteiger charge is 2.44. The Kier molecular flexibility index (Phi) is 6.01. The van der Waals surface area contributed by atoms with Crippen molar-refractivity contribution < 1.29 is 26.4 Å². The van der Waals surface area contributed by atoms with E-state index in [0.717, 1.165) is 33.3 Å². The SMILES string of the molecule is O=C(Nc1nnc(-c2ccccc2)s1)[C@@H]1CCCN1S(=O)(=O)c1ccccc1C(F)(F)F. The van der Waals surface area contributed by atoms with Crippen molar-refractivity contribution in [1.82, 2.24) is 14.5 Å². The van der Waals surface area contributed by atoms with E-state index in [1.807, 2.05) is 30.3 Å². The highest BCUT2D eigenvalue weighted by Crippen LogP contribution is 2.37. The first-order chi connectivity index (χ1) is 15.2. The third kappa shape index (κ3) is 4.38. The highest BCUT2D eigenvalue weighted by atomic mass is 32.2. The van der Waals surface area contributed by atoms with Crippen LogP contribution in [0.2, 0.25) is 0 Å². The van der Waals surface area contributed by atoms with Gasteiger partial charge >= 0.3 is 6.18 Å². The van der Waals surface area contributed by atoms with Crippen molar-refractivity contribution in [3.8, 4) is 10.6 Å². The number of alkyl halides is 3. The van der Waals surface area contributed by atoms with E-state index in [1.165, 1.54) is 6.07 Å². The van der Waals surface area contributed by atoms with Crippen molar-refractivity contribution in [3.63, 3.8) is 0 Å². The van der Waals surface area contributed by atoms with Gasteiger partial charge in [0.1, 0.15) is 11.0 Å². The third-order valence-corrected chi connectivity index (χ3v) is 7.82. The molecule has 2 aromatic carbocycles. The lowest BCUT2D eigenvalue weighted by Crippen LogP contribution is -2.43. The minimum atomic E-state index is -4.85. The predicted molar refractivity (Wildman–Crippen MR) is 112 cm³/mol. The summed E-state index contributed by atoms with van der Waals surface area (Å²) in [5.41, 5.74) is -0.456. The van der Waals surface area contributed by atoms with E-state index in [0.29, 0.717) is 17.5 Å². The summed E-state index contributed by atoms with van der Waals surface area (Å²) < 4.78 is 67.1. The summed E-state index contributed by atoms with van der Waals surface area (Å²) in [6.07, 6.45) is -4.32. The lowest BCUT2D eigenvalue weighted by atomic mass is 10.2.